The predicted octanol–water partition coefficient (Wildman–Crippen LogP) is 4.96. The minimum absolute atomic E-state index is 0.0769. The van der Waals surface area contributed by atoms with Gasteiger partial charge < -0.3 is 26.2 Å². The quantitative estimate of drug-likeness (QED) is 0.134. The van der Waals surface area contributed by atoms with Crippen molar-refractivity contribution in [2.75, 3.05) is 18.8 Å². The Morgan fingerprint density at radius 1 is 0.855 bits per heavy atom. The van der Waals surface area contributed by atoms with E-state index in [4.69, 9.17) is 0 Å². The normalized spacial score (nSPS) is 28.0. The van der Waals surface area contributed by atoms with Crippen LogP contribution >= 0.6 is 0 Å². The number of carbonyl (C=O) groups is 5. The number of Topliss-reactive ketones (excluding diaryl/α,β-unsaturated/α-hetero) is 1. The highest BCUT2D eigenvalue weighted by molar-refractivity contribution is 7.92. The van der Waals surface area contributed by atoms with E-state index in [1.807, 2.05) is 13.0 Å². The molecule has 0 aromatic rings. The molecular formula is C42H67N5O7S. The van der Waals surface area contributed by atoms with Crippen molar-refractivity contribution < 1.29 is 32.4 Å². The van der Waals surface area contributed by atoms with Crippen LogP contribution in [0.4, 0.5) is 4.79 Å². The SMILES string of the molecule is CC1([C@H](NC(=O)NC2(CS(=O)(=O)C(C)(C)C)CCCCC2)C(=O)N2C[C@H]3[C@@H]([C@H]2C(=O)NC(CC2CC2)C(=O)C(=O)NCC=CC2CC2)C3(C)C)CCCCC1. The molecule has 55 heavy (non-hydrogen) atoms. The van der Waals surface area contributed by atoms with Crippen LogP contribution in [0.25, 0.3) is 0 Å². The lowest BCUT2D eigenvalue weighted by atomic mass is 9.70. The summed E-state index contributed by atoms with van der Waals surface area (Å²) in [5.74, 6) is -1.56. The molecular weight excluding hydrogens is 719 g/mol. The van der Waals surface area contributed by atoms with Crippen molar-refractivity contribution in [3.8, 4) is 0 Å². The average molecular weight is 786 g/mol. The molecule has 1 unspecified atom stereocenters. The van der Waals surface area contributed by atoms with Crippen LogP contribution in [0.3, 0.4) is 0 Å². The summed E-state index contributed by atoms with van der Waals surface area (Å²) >= 11 is 0. The van der Waals surface area contributed by atoms with Crippen LogP contribution in [-0.4, -0.2) is 90.1 Å². The van der Waals surface area contributed by atoms with Crippen LogP contribution in [-0.2, 0) is 29.0 Å². The zero-order valence-corrected chi connectivity index (χ0v) is 35.0. The molecule has 1 aliphatic heterocycles. The molecule has 5 saturated carbocycles. The van der Waals surface area contributed by atoms with Crippen molar-refractivity contribution in [1.82, 2.24) is 26.2 Å². The van der Waals surface area contributed by atoms with Gasteiger partial charge >= 0.3 is 6.03 Å². The van der Waals surface area contributed by atoms with E-state index in [0.29, 0.717) is 31.7 Å². The van der Waals surface area contributed by atoms with E-state index >= 15 is 0 Å². The number of carbonyl (C=O) groups excluding carboxylic acids is 5. The summed E-state index contributed by atoms with van der Waals surface area (Å²) in [6, 6.07) is -3.35. The summed E-state index contributed by atoms with van der Waals surface area (Å²) in [6.07, 6.45) is 16.4. The fourth-order valence-corrected chi connectivity index (χ4v) is 11.3. The second-order valence-corrected chi connectivity index (χ2v) is 22.7. The predicted molar refractivity (Wildman–Crippen MR) is 211 cm³/mol. The summed E-state index contributed by atoms with van der Waals surface area (Å²) in [5, 5.41) is 11.8. The van der Waals surface area contributed by atoms with E-state index < -0.39 is 67.3 Å². The molecule has 0 spiro atoms. The Balaban J connectivity index is 1.21. The minimum Gasteiger partial charge on any atom is -0.346 e. The molecule has 0 bridgehead atoms. The number of nitrogens with zero attached hydrogens (tertiary/aromatic N) is 1. The molecule has 5 amide bonds. The van der Waals surface area contributed by atoms with Crippen LogP contribution in [0.2, 0.25) is 0 Å². The molecule has 0 aromatic carbocycles. The zero-order chi connectivity index (χ0) is 40.0. The first kappa shape index (κ1) is 41.7. The van der Waals surface area contributed by atoms with E-state index in [1.54, 1.807) is 25.7 Å². The number of sulfone groups is 1. The van der Waals surface area contributed by atoms with Crippen molar-refractivity contribution in [3.05, 3.63) is 12.2 Å². The van der Waals surface area contributed by atoms with Gasteiger partial charge in [-0.3, -0.25) is 19.2 Å². The molecule has 6 fully saturated rings. The number of nitrogens with one attached hydrogen (secondary N) is 4. The maximum atomic E-state index is 15.0. The molecule has 0 radical (unpaired) electrons. The lowest BCUT2D eigenvalue weighted by molar-refractivity contribution is -0.146. The molecule has 308 valence electrons. The van der Waals surface area contributed by atoms with Gasteiger partial charge in [0.2, 0.25) is 17.6 Å². The molecule has 6 aliphatic rings. The Morgan fingerprint density at radius 3 is 2.05 bits per heavy atom. The smallest absolute Gasteiger partial charge is 0.315 e. The molecule has 1 heterocycles. The number of rotatable bonds is 15. The maximum absolute atomic E-state index is 15.0. The van der Waals surface area contributed by atoms with Crippen molar-refractivity contribution in [2.24, 2.45) is 34.5 Å². The molecule has 6 rings (SSSR count). The van der Waals surface area contributed by atoms with Gasteiger partial charge in [-0.15, -0.1) is 0 Å². The third kappa shape index (κ3) is 9.44. The van der Waals surface area contributed by atoms with Gasteiger partial charge in [-0.25, -0.2) is 13.2 Å². The van der Waals surface area contributed by atoms with Crippen LogP contribution in [0.5, 0.6) is 0 Å². The van der Waals surface area contributed by atoms with Crippen LogP contribution in [0.1, 0.15) is 138 Å². The molecule has 4 N–H and O–H groups in total. The zero-order valence-electron chi connectivity index (χ0n) is 34.1. The Hall–Kier alpha value is -2.96. The highest BCUT2D eigenvalue weighted by atomic mass is 32.2. The summed E-state index contributed by atoms with van der Waals surface area (Å²) in [6.45, 7) is 11.9. The second kappa shape index (κ2) is 15.8. The van der Waals surface area contributed by atoms with E-state index in [0.717, 1.165) is 77.0 Å². The summed E-state index contributed by atoms with van der Waals surface area (Å²) in [7, 11) is -3.57. The highest BCUT2D eigenvalue weighted by Crippen LogP contribution is 2.65. The molecule has 5 aliphatic carbocycles. The molecule has 13 heteroatoms. The van der Waals surface area contributed by atoms with Gasteiger partial charge in [0.1, 0.15) is 12.1 Å². The van der Waals surface area contributed by atoms with Gasteiger partial charge in [0, 0.05) is 13.1 Å². The number of amides is 5. The topological polar surface area (TPSA) is 171 Å². The fraction of sp³-hybridized carbons (Fsp3) is 0.833. The van der Waals surface area contributed by atoms with Crippen LogP contribution < -0.4 is 21.3 Å². The fourth-order valence-electron chi connectivity index (χ4n) is 9.81. The number of piperidine rings is 1. The Kier molecular flexibility index (Phi) is 11.9. The Labute approximate surface area is 328 Å². The van der Waals surface area contributed by atoms with Gasteiger partial charge in [-0.05, 0) is 100 Å². The van der Waals surface area contributed by atoms with Crippen LogP contribution in [0.15, 0.2) is 12.2 Å². The summed E-state index contributed by atoms with van der Waals surface area (Å²) < 4.78 is 26.0. The number of hydrogen-bond acceptors (Lipinski definition) is 7. The van der Waals surface area contributed by atoms with Crippen molar-refractivity contribution in [2.45, 2.75) is 166 Å². The van der Waals surface area contributed by atoms with Gasteiger partial charge in [0.25, 0.3) is 5.91 Å². The maximum Gasteiger partial charge on any atom is 0.315 e. The first-order valence-corrected chi connectivity index (χ1v) is 22.8. The first-order valence-electron chi connectivity index (χ1n) is 21.2. The lowest BCUT2D eigenvalue weighted by Gasteiger charge is -2.44. The largest absolute Gasteiger partial charge is 0.346 e. The molecule has 5 atom stereocenters. The van der Waals surface area contributed by atoms with Crippen molar-refractivity contribution in [3.63, 3.8) is 0 Å². The summed E-state index contributed by atoms with van der Waals surface area (Å²) in [5.41, 5.74) is -1.72. The third-order valence-corrected chi connectivity index (χ3v) is 16.9. The molecule has 12 nitrogen and oxygen atoms in total. The van der Waals surface area contributed by atoms with Crippen molar-refractivity contribution in [1.29, 1.82) is 0 Å². The number of hydrogen-bond donors (Lipinski definition) is 4. The minimum atomic E-state index is -3.57. The highest BCUT2D eigenvalue weighted by Gasteiger charge is 2.70. The van der Waals surface area contributed by atoms with Gasteiger partial charge in [-0.2, -0.15) is 0 Å². The first-order chi connectivity index (χ1) is 25.8. The average Bonchev–Trinajstić information content (AvgIpc) is 4.07. The summed E-state index contributed by atoms with van der Waals surface area (Å²) in [4.78, 5) is 71.7. The van der Waals surface area contributed by atoms with E-state index in [9.17, 15) is 32.4 Å². The number of fused-ring (bicyclic) bond motifs is 1. The third-order valence-electron chi connectivity index (χ3n) is 14.1. The monoisotopic (exact) mass is 785 g/mol. The number of ketones is 1. The van der Waals surface area contributed by atoms with E-state index in [-0.39, 0.29) is 41.4 Å². The van der Waals surface area contributed by atoms with Gasteiger partial charge in [-0.1, -0.05) is 84.3 Å². The Morgan fingerprint density at radius 2 is 1.47 bits per heavy atom. The molecule has 1 saturated heterocycles. The molecule has 0 aromatic heterocycles. The Bertz CT molecular complexity index is 1630. The second-order valence-electron chi connectivity index (χ2n) is 19.9. The lowest BCUT2D eigenvalue weighted by Crippen LogP contribution is -2.65. The van der Waals surface area contributed by atoms with E-state index in [1.165, 1.54) is 0 Å². The standard InChI is InChI=1S/C42H67N5O7S/c1-39(2,3)55(53,54)26-42(21-11-8-12-22-42)46-38(52)45-34(41(6)19-9-7-10-20-41)37(51)47-25-29-31(40(29,4)5)32(47)35(49)44-30(24-28-17-18-28)33(48)36(50)43-23-13-14-27-15-16-27/h13-14,27-32,34H,7-12,15-26H2,1-6H3,(H,43,50)(H,44,49)(H2,45,46,52)/t29-,30?,31-,32-,34+/m0/s1. The van der Waals surface area contributed by atoms with Crippen molar-refractivity contribution >= 4 is 39.4 Å². The van der Waals surface area contributed by atoms with Gasteiger partial charge in [0.15, 0.2) is 9.84 Å². The number of urea groups is 1. The van der Waals surface area contributed by atoms with Crippen LogP contribution in [0, 0.1) is 34.5 Å². The van der Waals surface area contributed by atoms with E-state index in [2.05, 4.69) is 41.2 Å². The number of allylic oxidation sites excluding steroid dienone is 1. The number of likely N-dealkylation sites (tertiary alicyclic amines) is 1. The van der Waals surface area contributed by atoms with Gasteiger partial charge in [0.05, 0.1) is 22.1 Å².